The van der Waals surface area contributed by atoms with E-state index in [1.54, 1.807) is 4.68 Å². The molecule has 33 nitrogen and oxygen atoms in total. The highest BCUT2D eigenvalue weighted by Gasteiger charge is 2.24. The number of nitrogens with two attached hydrogens (primary N) is 1. The molecule has 0 spiro atoms. The molecule has 0 saturated heterocycles. The van der Waals surface area contributed by atoms with Gasteiger partial charge in [0.1, 0.15) is 23.3 Å². The summed E-state index contributed by atoms with van der Waals surface area (Å²) in [5.74, 6) is 1.12. The maximum absolute atomic E-state index is 13.7. The zero-order valence-corrected chi connectivity index (χ0v) is 75.0. The molecular weight excluding hydrogens is 1640 g/mol. The first-order chi connectivity index (χ1) is 63.1. The number of carbonyl (C=O) groups is 7. The lowest BCUT2D eigenvalue weighted by Crippen LogP contribution is -2.48. The molecule has 6 heterocycles. The summed E-state index contributed by atoms with van der Waals surface area (Å²) in [7, 11) is 12.0. The molecule has 8 aromatic carbocycles. The normalized spacial score (nSPS) is 11.7. The number of aromatic nitrogens is 14. The molecule has 6 aromatic heterocycles. The third-order valence-electron chi connectivity index (χ3n) is 22.9. The van der Waals surface area contributed by atoms with Crippen molar-refractivity contribution in [3.05, 3.63) is 216 Å². The number of carbonyl (C=O) groups excluding carboxylic acids is 7. The van der Waals surface area contributed by atoms with Crippen LogP contribution < -0.4 is 32.3 Å². The maximum atomic E-state index is 13.7. The molecular formula is C97H116N26O7. The topological polar surface area (TPSA) is 401 Å². The first kappa shape index (κ1) is 92.2. The lowest BCUT2D eigenvalue weighted by molar-refractivity contribution is -0.141. The van der Waals surface area contributed by atoms with Gasteiger partial charge < -0.3 is 81.7 Å². The van der Waals surface area contributed by atoms with Gasteiger partial charge in [-0.05, 0) is 239 Å². The van der Waals surface area contributed by atoms with E-state index < -0.39 is 5.91 Å². The van der Waals surface area contributed by atoms with Crippen molar-refractivity contribution in [3.63, 3.8) is 0 Å². The van der Waals surface area contributed by atoms with Crippen molar-refractivity contribution in [3.8, 4) is 67.8 Å². The monoisotopic (exact) mass is 1760 g/mol. The summed E-state index contributed by atoms with van der Waals surface area (Å²) < 4.78 is 3.55. The lowest BCUT2D eigenvalue weighted by atomic mass is 10.0. The molecule has 7 amide bonds. The van der Waals surface area contributed by atoms with Gasteiger partial charge in [-0.1, -0.05) is 90.1 Å². The molecule has 0 bridgehead atoms. The molecule has 0 fully saturated rings. The minimum absolute atomic E-state index is 0.0463. The van der Waals surface area contributed by atoms with Gasteiger partial charge in [-0.3, -0.25) is 42.9 Å². The number of unbranched alkanes of at least 4 members (excludes halogenated alkanes) is 2. The van der Waals surface area contributed by atoms with Crippen molar-refractivity contribution >= 4 is 85.5 Å². The van der Waals surface area contributed by atoms with Crippen molar-refractivity contribution in [2.24, 2.45) is 5.73 Å². The number of aromatic amines is 4. The molecule has 0 radical (unpaired) electrons. The highest BCUT2D eigenvalue weighted by molar-refractivity contribution is 5.98. The molecule has 0 aliphatic heterocycles. The number of imidazole rings is 4. The smallest absolute Gasteiger partial charge is 0.251 e. The van der Waals surface area contributed by atoms with Crippen LogP contribution in [0.5, 0.6) is 0 Å². The fourth-order valence-electron chi connectivity index (χ4n) is 15.4. The van der Waals surface area contributed by atoms with Crippen LogP contribution in [0.15, 0.2) is 182 Å². The molecule has 676 valence electrons. The van der Waals surface area contributed by atoms with Crippen LogP contribution in [-0.4, -0.2) is 288 Å². The number of nitrogens with one attached hydrogen (secondary N) is 9. The molecule has 33 heteroatoms. The zero-order chi connectivity index (χ0) is 91.0. The Bertz CT molecular complexity index is 6190. The molecule has 0 aliphatic rings. The summed E-state index contributed by atoms with van der Waals surface area (Å²) in [5.41, 5.74) is 24.1. The highest BCUT2D eigenvalue weighted by Crippen LogP contribution is 2.33. The fourth-order valence-corrected chi connectivity index (χ4v) is 15.4. The molecule has 0 saturated carbocycles. The molecule has 0 aliphatic carbocycles. The number of amides is 7. The van der Waals surface area contributed by atoms with Crippen molar-refractivity contribution in [2.45, 2.75) is 77.8 Å². The minimum Gasteiger partial charge on any atom is -0.368 e. The van der Waals surface area contributed by atoms with Crippen LogP contribution in [0.4, 0.5) is 0 Å². The third-order valence-corrected chi connectivity index (χ3v) is 22.9. The van der Waals surface area contributed by atoms with Crippen LogP contribution in [0.1, 0.15) is 105 Å². The Labute approximate surface area is 755 Å². The van der Waals surface area contributed by atoms with Crippen molar-refractivity contribution in [2.75, 3.05) is 147 Å². The summed E-state index contributed by atoms with van der Waals surface area (Å²) in [6, 6.07) is 54.3. The Hall–Kier alpha value is -14.0. The number of aryl methyl sites for hydroxylation is 4. The lowest BCUT2D eigenvalue weighted by Gasteiger charge is -2.27. The van der Waals surface area contributed by atoms with E-state index in [1.165, 1.54) is 9.80 Å². The van der Waals surface area contributed by atoms with Crippen LogP contribution in [0.3, 0.4) is 0 Å². The standard InChI is InChI=1S/C97H116N26O7/c1-8-46-120(88(125)60-99-41-13-50-122-61-77(112-114-122)15-9-11-47-118(6)54-44-102-96(129)71-29-21-67(22-30-71)92-106-81-39-35-75(58-85(81)110-92)73-33-37-79-83(56-73)108-90(104-79)65-17-25-69(26-18-65)94(127)100-42-52-116(2)3)64-89(126)121(63-87(98)124)49-14-51-123-62-78(113-115-123)16-10-12-48-119(7)55-45-103-97(130)72-31-23-68(24-32-72)93-107-82-40-36-76(59-86(82)111-93)74-34-38-80-84(57-74)109-91(105-80)66-19-27-70(28-20-66)95(128)101-43-53-117(4)5/h17-40,56-59,61-62,99H,8-16,41-55,60,63-64H2,1-7H3,(H2,98,124)(H,100,127)(H,101,128)(H,102,129)(H,103,130)(H,104,108)(H,105,109)(H,106,110)(H,107,111). The van der Waals surface area contributed by atoms with Gasteiger partial charge in [0.25, 0.3) is 23.6 Å². The van der Waals surface area contributed by atoms with E-state index in [9.17, 15) is 33.6 Å². The number of hydrogen-bond donors (Lipinski definition) is 10. The highest BCUT2D eigenvalue weighted by atomic mass is 16.2. The number of benzene rings is 8. The number of hydrogen-bond acceptors (Lipinski definition) is 20. The van der Waals surface area contributed by atoms with E-state index >= 15 is 0 Å². The number of fused-ring (bicyclic) bond motifs is 4. The summed E-state index contributed by atoms with van der Waals surface area (Å²) >= 11 is 0. The van der Waals surface area contributed by atoms with Crippen LogP contribution in [0.2, 0.25) is 0 Å². The van der Waals surface area contributed by atoms with Crippen LogP contribution in [0.25, 0.3) is 112 Å². The molecule has 0 unspecified atom stereocenters. The Morgan fingerprint density at radius 1 is 0.354 bits per heavy atom. The average molecular weight is 1760 g/mol. The second-order valence-electron chi connectivity index (χ2n) is 33.7. The summed E-state index contributed by atoms with van der Waals surface area (Å²) in [6.07, 6.45) is 10.9. The van der Waals surface area contributed by atoms with Gasteiger partial charge in [-0.25, -0.2) is 19.9 Å². The molecule has 11 N–H and O–H groups in total. The molecule has 14 rings (SSSR count). The molecule has 14 aromatic rings. The van der Waals surface area contributed by atoms with Gasteiger partial charge in [0.15, 0.2) is 0 Å². The Balaban J connectivity index is 0.430. The van der Waals surface area contributed by atoms with Crippen LogP contribution in [-0.2, 0) is 40.3 Å². The average Bonchev–Trinajstić information content (AvgIpc) is 1.66. The van der Waals surface area contributed by atoms with E-state index in [-0.39, 0.29) is 61.6 Å². The van der Waals surface area contributed by atoms with Gasteiger partial charge in [0.05, 0.1) is 75.2 Å². The summed E-state index contributed by atoms with van der Waals surface area (Å²) in [5, 5.41) is 32.7. The predicted octanol–water partition coefficient (Wildman–Crippen LogP) is 9.95. The van der Waals surface area contributed by atoms with Crippen LogP contribution >= 0.6 is 0 Å². The zero-order valence-electron chi connectivity index (χ0n) is 75.0. The summed E-state index contributed by atoms with van der Waals surface area (Å²) in [4.78, 5) is 136. The SMILES string of the molecule is CCCN(CC(=O)N(CCCn1cc(CCCCN(C)CCNC(=O)c2ccc(-c3nc4cc(-c5ccc6[nH]c(-c7ccc(C(=O)NCCN(C)C)cc7)nc6c5)ccc4[nH]3)cc2)nn1)CC(N)=O)C(=O)CNCCCn1cc(CCCCN(C)CCNC(=O)c2ccc(-c3nc4cc(-c5ccc6[nH]c(-c7ccc(C(=O)NCCN(C)C)cc7)nc6c5)ccc4[nH]3)cc2)nn1. The predicted molar refractivity (Wildman–Crippen MR) is 506 cm³/mol. The molecule has 0 atom stereocenters. The van der Waals surface area contributed by atoms with Gasteiger partial charge in [-0.15, -0.1) is 10.2 Å². The Morgan fingerprint density at radius 2 is 0.685 bits per heavy atom. The van der Waals surface area contributed by atoms with E-state index in [0.29, 0.717) is 119 Å². The number of rotatable bonds is 48. The first-order valence-corrected chi connectivity index (χ1v) is 44.6. The van der Waals surface area contributed by atoms with Gasteiger partial charge in [-0.2, -0.15) is 0 Å². The quantitative estimate of drug-likeness (QED) is 0.0158. The van der Waals surface area contributed by atoms with Crippen molar-refractivity contribution in [1.29, 1.82) is 0 Å². The summed E-state index contributed by atoms with van der Waals surface area (Å²) in [6.45, 7) is 10.5. The van der Waals surface area contributed by atoms with E-state index in [0.717, 1.165) is 176 Å². The van der Waals surface area contributed by atoms with E-state index in [1.807, 2.05) is 197 Å². The number of H-pyrrole nitrogens is 4. The van der Waals surface area contributed by atoms with Crippen LogP contribution in [0, 0.1) is 0 Å². The van der Waals surface area contributed by atoms with Gasteiger partial charge >= 0.3 is 0 Å². The largest absolute Gasteiger partial charge is 0.368 e. The second kappa shape index (κ2) is 44.6. The maximum Gasteiger partial charge on any atom is 0.251 e. The number of nitrogens with zero attached hydrogens (tertiary/aromatic N) is 16. The Morgan fingerprint density at radius 3 is 1.02 bits per heavy atom. The fraction of sp³-hybridized carbons (Fsp3) is 0.351. The van der Waals surface area contributed by atoms with Gasteiger partial charge in [0, 0.05) is 135 Å². The first-order valence-electron chi connectivity index (χ1n) is 44.6. The van der Waals surface area contributed by atoms with E-state index in [2.05, 4.69) is 125 Å². The second-order valence-corrected chi connectivity index (χ2v) is 33.7. The van der Waals surface area contributed by atoms with Crippen molar-refractivity contribution < 1.29 is 33.6 Å². The number of primary amides is 1. The molecule has 130 heavy (non-hydrogen) atoms. The van der Waals surface area contributed by atoms with E-state index in [4.69, 9.17) is 25.7 Å². The van der Waals surface area contributed by atoms with Gasteiger partial charge in [0.2, 0.25) is 17.7 Å². The Kier molecular flexibility index (Phi) is 31.7. The van der Waals surface area contributed by atoms with Crippen molar-refractivity contribution in [1.82, 2.24) is 126 Å². The number of likely N-dealkylation sites (N-methyl/N-ethyl adjacent to an activating group) is 4. The third kappa shape index (κ3) is 25.5. The minimum atomic E-state index is -0.643.